The summed E-state index contributed by atoms with van der Waals surface area (Å²) >= 11 is 0. The van der Waals surface area contributed by atoms with Gasteiger partial charge in [-0.2, -0.15) is 0 Å². The maximum absolute atomic E-state index is 13.5. The van der Waals surface area contributed by atoms with Crippen LogP contribution in [0, 0.1) is 5.41 Å². The van der Waals surface area contributed by atoms with E-state index < -0.39 is 59.6 Å². The van der Waals surface area contributed by atoms with Crippen molar-refractivity contribution in [2.45, 2.75) is 58.2 Å². The molecular formula is C22H27NO9. The van der Waals surface area contributed by atoms with Gasteiger partial charge in [0.15, 0.2) is 24.2 Å². The van der Waals surface area contributed by atoms with Crippen LogP contribution in [0.3, 0.4) is 0 Å². The van der Waals surface area contributed by atoms with Crippen LogP contribution < -0.4 is 0 Å². The van der Waals surface area contributed by atoms with Gasteiger partial charge in [-0.05, 0) is 18.9 Å². The van der Waals surface area contributed by atoms with Gasteiger partial charge in [0.25, 0.3) is 0 Å². The highest BCUT2D eigenvalue weighted by Gasteiger charge is 2.56. The van der Waals surface area contributed by atoms with E-state index in [4.69, 9.17) is 18.9 Å². The van der Waals surface area contributed by atoms with Crippen LogP contribution in [0.1, 0.15) is 33.6 Å². The zero-order valence-corrected chi connectivity index (χ0v) is 18.3. The van der Waals surface area contributed by atoms with Gasteiger partial charge in [-0.1, -0.05) is 12.2 Å². The Kier molecular flexibility index (Phi) is 8.09. The molecule has 1 amide bonds. The zero-order valence-electron chi connectivity index (χ0n) is 18.3. The second-order valence-electron chi connectivity index (χ2n) is 7.48. The third-order valence-electron chi connectivity index (χ3n) is 5.10. The molecule has 10 heteroatoms. The average molecular weight is 449 g/mol. The molecule has 0 aromatic heterocycles. The fourth-order valence-electron chi connectivity index (χ4n) is 3.80. The zero-order chi connectivity index (χ0) is 24.1. The molecule has 4 atom stereocenters. The SMILES string of the molecule is C=CCC1(CC=C)C(=O)C=CN([C@@H]2O[C@H](COC(C)=O)[C@@H](OC(C)=O)[C@H]2OC(C)=O)C1=O. The van der Waals surface area contributed by atoms with Gasteiger partial charge in [0, 0.05) is 27.0 Å². The molecule has 2 rings (SSSR count). The van der Waals surface area contributed by atoms with Crippen molar-refractivity contribution in [3.63, 3.8) is 0 Å². The number of carbonyl (C=O) groups excluding carboxylic acids is 5. The maximum Gasteiger partial charge on any atom is 0.303 e. The summed E-state index contributed by atoms with van der Waals surface area (Å²) in [7, 11) is 0. The Morgan fingerprint density at radius 3 is 2.09 bits per heavy atom. The molecule has 32 heavy (non-hydrogen) atoms. The molecule has 174 valence electrons. The van der Waals surface area contributed by atoms with Gasteiger partial charge in [0.1, 0.15) is 18.1 Å². The van der Waals surface area contributed by atoms with Gasteiger partial charge in [0.05, 0.1) is 0 Å². The van der Waals surface area contributed by atoms with Crippen molar-refractivity contribution in [3.05, 3.63) is 37.6 Å². The molecule has 2 aliphatic rings. The van der Waals surface area contributed by atoms with Crippen molar-refractivity contribution >= 4 is 29.6 Å². The quantitative estimate of drug-likeness (QED) is 0.221. The van der Waals surface area contributed by atoms with E-state index in [0.29, 0.717) is 0 Å². The van der Waals surface area contributed by atoms with Crippen molar-refractivity contribution < 1.29 is 42.9 Å². The molecule has 2 aliphatic heterocycles. The van der Waals surface area contributed by atoms with Crippen molar-refractivity contribution in [2.24, 2.45) is 5.41 Å². The number of esters is 3. The van der Waals surface area contributed by atoms with Crippen LogP contribution in [0.15, 0.2) is 37.6 Å². The summed E-state index contributed by atoms with van der Waals surface area (Å²) in [6.45, 7) is 10.5. The Bertz CT molecular complexity index is 836. The molecule has 0 radical (unpaired) electrons. The lowest BCUT2D eigenvalue weighted by Gasteiger charge is -2.39. The van der Waals surface area contributed by atoms with Crippen LogP contribution in [0.5, 0.6) is 0 Å². The molecular weight excluding hydrogens is 422 g/mol. The predicted molar refractivity (Wildman–Crippen MR) is 109 cm³/mol. The third-order valence-corrected chi connectivity index (χ3v) is 5.10. The van der Waals surface area contributed by atoms with Crippen LogP contribution in [-0.2, 0) is 42.9 Å². The highest BCUT2D eigenvalue weighted by Crippen LogP contribution is 2.39. The topological polar surface area (TPSA) is 126 Å². The molecule has 0 bridgehead atoms. The first kappa shape index (κ1) is 25.0. The molecule has 0 N–H and O–H groups in total. The minimum absolute atomic E-state index is 0.0483. The highest BCUT2D eigenvalue weighted by atomic mass is 16.7. The number of ether oxygens (including phenoxy) is 4. The summed E-state index contributed by atoms with van der Waals surface area (Å²) in [4.78, 5) is 62.1. The van der Waals surface area contributed by atoms with Gasteiger partial charge in [-0.25, -0.2) is 0 Å². The molecule has 1 saturated heterocycles. The van der Waals surface area contributed by atoms with E-state index in [1.165, 1.54) is 31.4 Å². The second kappa shape index (κ2) is 10.4. The summed E-state index contributed by atoms with van der Waals surface area (Å²) < 4.78 is 21.5. The first-order valence-corrected chi connectivity index (χ1v) is 9.97. The van der Waals surface area contributed by atoms with Gasteiger partial charge in [-0.3, -0.25) is 28.9 Å². The van der Waals surface area contributed by atoms with Gasteiger partial charge < -0.3 is 18.9 Å². The Labute approximate surface area is 185 Å². The molecule has 0 aliphatic carbocycles. The largest absolute Gasteiger partial charge is 0.463 e. The number of carbonyl (C=O) groups is 5. The maximum atomic E-state index is 13.5. The Morgan fingerprint density at radius 1 is 1.03 bits per heavy atom. The summed E-state index contributed by atoms with van der Waals surface area (Å²) in [6.07, 6.45) is 0.815. The van der Waals surface area contributed by atoms with E-state index in [-0.39, 0.29) is 19.4 Å². The molecule has 0 saturated carbocycles. The number of nitrogens with zero attached hydrogens (tertiary/aromatic N) is 1. The molecule has 10 nitrogen and oxygen atoms in total. The number of hydrogen-bond donors (Lipinski definition) is 0. The molecule has 2 heterocycles. The third kappa shape index (κ3) is 5.13. The first-order chi connectivity index (χ1) is 15.1. The van der Waals surface area contributed by atoms with Gasteiger partial charge in [-0.15, -0.1) is 13.2 Å². The number of hydrogen-bond acceptors (Lipinski definition) is 9. The predicted octanol–water partition coefficient (Wildman–Crippen LogP) is 1.20. The average Bonchev–Trinajstić information content (AvgIpc) is 3.01. The Hall–Kier alpha value is -3.27. The minimum Gasteiger partial charge on any atom is -0.463 e. The van der Waals surface area contributed by atoms with Crippen LogP contribution in [0.4, 0.5) is 0 Å². The highest BCUT2D eigenvalue weighted by molar-refractivity contribution is 6.13. The molecule has 0 spiro atoms. The number of ketones is 1. The lowest BCUT2D eigenvalue weighted by atomic mass is 9.74. The monoisotopic (exact) mass is 449 g/mol. The van der Waals surface area contributed by atoms with Gasteiger partial charge >= 0.3 is 17.9 Å². The molecule has 0 unspecified atom stereocenters. The smallest absolute Gasteiger partial charge is 0.303 e. The van der Waals surface area contributed by atoms with E-state index in [2.05, 4.69) is 13.2 Å². The summed E-state index contributed by atoms with van der Waals surface area (Å²) in [5.41, 5.74) is -1.48. The summed E-state index contributed by atoms with van der Waals surface area (Å²) in [5.74, 6) is -3.03. The number of allylic oxidation sites excluding steroid dienone is 3. The molecule has 0 aromatic carbocycles. The lowest BCUT2D eigenvalue weighted by molar-refractivity contribution is -0.172. The normalized spacial score (nSPS) is 26.4. The summed E-state index contributed by atoms with van der Waals surface area (Å²) in [6, 6.07) is 0. The lowest BCUT2D eigenvalue weighted by Crippen LogP contribution is -2.55. The van der Waals surface area contributed by atoms with Crippen LogP contribution >= 0.6 is 0 Å². The minimum atomic E-state index is -1.48. The van der Waals surface area contributed by atoms with Crippen LogP contribution in [-0.4, -0.2) is 65.6 Å². The molecule has 1 fully saturated rings. The van der Waals surface area contributed by atoms with Crippen LogP contribution in [0.25, 0.3) is 0 Å². The Morgan fingerprint density at radius 2 is 1.59 bits per heavy atom. The van der Waals surface area contributed by atoms with Crippen molar-refractivity contribution in [3.8, 4) is 0 Å². The Balaban J connectivity index is 2.48. The van der Waals surface area contributed by atoms with E-state index >= 15 is 0 Å². The first-order valence-electron chi connectivity index (χ1n) is 9.97. The van der Waals surface area contributed by atoms with E-state index in [0.717, 1.165) is 18.7 Å². The van der Waals surface area contributed by atoms with E-state index in [1.807, 2.05) is 0 Å². The standard InChI is InChI=1S/C22H27NO9/c1-6-9-22(10-7-2)17(27)8-11-23(21(22)28)20-19(31-15(5)26)18(30-14(4)25)16(32-20)12-29-13(3)24/h6-8,11,16,18-20H,1-2,9-10,12H2,3-5H3/t16-,18-,19-,20-/m1/s1. The number of rotatable bonds is 9. The van der Waals surface area contributed by atoms with Crippen molar-refractivity contribution in [2.75, 3.05) is 6.61 Å². The summed E-state index contributed by atoms with van der Waals surface area (Å²) in [5, 5.41) is 0. The number of amides is 1. The van der Waals surface area contributed by atoms with Crippen molar-refractivity contribution in [1.82, 2.24) is 4.90 Å². The fraction of sp³-hybridized carbons (Fsp3) is 0.500. The van der Waals surface area contributed by atoms with E-state index in [9.17, 15) is 24.0 Å². The van der Waals surface area contributed by atoms with E-state index in [1.54, 1.807) is 0 Å². The van der Waals surface area contributed by atoms with Crippen molar-refractivity contribution in [1.29, 1.82) is 0 Å². The molecule has 0 aromatic rings. The van der Waals surface area contributed by atoms with Gasteiger partial charge in [0.2, 0.25) is 5.91 Å². The fourth-order valence-corrected chi connectivity index (χ4v) is 3.80. The second-order valence-corrected chi connectivity index (χ2v) is 7.48. The van der Waals surface area contributed by atoms with Crippen LogP contribution in [0.2, 0.25) is 0 Å².